The molecule has 0 saturated heterocycles. The second kappa shape index (κ2) is 6.37. The van der Waals surface area contributed by atoms with Crippen molar-refractivity contribution < 1.29 is 8.42 Å². The summed E-state index contributed by atoms with van der Waals surface area (Å²) in [5.41, 5.74) is 5.30. The fourth-order valence-electron chi connectivity index (χ4n) is 0.770. The fraction of sp³-hybridized carbons (Fsp3) is 0.875. The molecule has 0 aromatic heterocycles. The average Bonchev–Trinajstić information content (AvgIpc) is 2.11. The van der Waals surface area contributed by atoms with Crippen molar-refractivity contribution in [1.29, 1.82) is 0 Å². The molecule has 0 bridgehead atoms. The number of thiocarbonyl (C=S) groups is 1. The molecular weight excluding hydrogens is 234 g/mol. The Morgan fingerprint density at radius 2 is 2.07 bits per heavy atom. The van der Waals surface area contributed by atoms with Gasteiger partial charge >= 0.3 is 0 Å². The molecule has 0 aromatic rings. The molecule has 0 amide bonds. The molecule has 15 heavy (non-hydrogen) atoms. The molecule has 0 atom stereocenters. The molecular formula is C8H19N3O2S2. The van der Waals surface area contributed by atoms with Crippen LogP contribution in [-0.2, 0) is 10.2 Å². The highest BCUT2D eigenvalue weighted by Gasteiger charge is 2.16. The first kappa shape index (κ1) is 14.8. The van der Waals surface area contributed by atoms with Crippen molar-refractivity contribution in [3.8, 4) is 0 Å². The maximum Gasteiger partial charge on any atom is 0.279 e. The molecule has 0 heterocycles. The van der Waals surface area contributed by atoms with E-state index in [1.807, 2.05) is 13.8 Å². The summed E-state index contributed by atoms with van der Waals surface area (Å²) < 4.78 is 26.9. The quantitative estimate of drug-likeness (QED) is 0.630. The molecule has 0 unspecified atom stereocenters. The number of nitrogens with one attached hydrogen (secondary N) is 1. The number of nitrogens with two attached hydrogens (primary N) is 1. The first-order valence-corrected chi connectivity index (χ1v) is 6.59. The lowest BCUT2D eigenvalue weighted by molar-refractivity contribution is 0.460. The lowest BCUT2D eigenvalue weighted by Gasteiger charge is -2.18. The van der Waals surface area contributed by atoms with Gasteiger partial charge < -0.3 is 5.73 Å². The standard InChI is InChI=1S/C8H19N3O2S2/c1-7(2)6-10-15(12,13)11(3)5-4-8(9)14/h7,10H,4-6H2,1-3H3,(H2,9,14). The Bertz CT molecular complexity index is 301. The van der Waals surface area contributed by atoms with Crippen LogP contribution in [0.15, 0.2) is 0 Å². The third-order valence-electron chi connectivity index (χ3n) is 1.76. The zero-order valence-corrected chi connectivity index (χ0v) is 11.0. The Hall–Kier alpha value is -0.240. The summed E-state index contributed by atoms with van der Waals surface area (Å²) in [7, 11) is -1.88. The molecule has 0 fully saturated rings. The Labute approximate surface area is 97.2 Å². The molecule has 0 spiro atoms. The zero-order chi connectivity index (χ0) is 12.1. The van der Waals surface area contributed by atoms with Crippen LogP contribution in [0.2, 0.25) is 0 Å². The molecule has 0 aliphatic heterocycles. The van der Waals surface area contributed by atoms with E-state index in [9.17, 15) is 8.42 Å². The summed E-state index contributed by atoms with van der Waals surface area (Å²) >= 11 is 4.68. The van der Waals surface area contributed by atoms with Crippen molar-refractivity contribution in [2.75, 3.05) is 20.1 Å². The Morgan fingerprint density at radius 1 is 1.53 bits per heavy atom. The van der Waals surface area contributed by atoms with E-state index in [1.165, 1.54) is 11.4 Å². The first-order valence-electron chi connectivity index (χ1n) is 4.75. The largest absolute Gasteiger partial charge is 0.393 e. The predicted octanol–water partition coefficient (Wildman–Crippen LogP) is 0.0848. The van der Waals surface area contributed by atoms with Gasteiger partial charge in [0, 0.05) is 26.6 Å². The second-order valence-electron chi connectivity index (χ2n) is 3.79. The van der Waals surface area contributed by atoms with E-state index in [0.29, 0.717) is 24.5 Å². The molecule has 0 rings (SSSR count). The molecule has 0 aromatic carbocycles. The number of nitrogens with zero attached hydrogens (tertiary/aromatic N) is 1. The Kier molecular flexibility index (Phi) is 6.26. The molecule has 90 valence electrons. The van der Waals surface area contributed by atoms with Gasteiger partial charge in [-0.25, -0.2) is 4.72 Å². The van der Waals surface area contributed by atoms with Gasteiger partial charge in [-0.3, -0.25) is 0 Å². The lowest BCUT2D eigenvalue weighted by atomic mass is 10.2. The van der Waals surface area contributed by atoms with Gasteiger partial charge in [0.05, 0.1) is 4.99 Å². The number of rotatable bonds is 7. The number of hydrogen-bond donors (Lipinski definition) is 2. The zero-order valence-electron chi connectivity index (χ0n) is 9.36. The van der Waals surface area contributed by atoms with E-state index < -0.39 is 10.2 Å². The van der Waals surface area contributed by atoms with Crippen molar-refractivity contribution in [1.82, 2.24) is 9.03 Å². The molecule has 7 heteroatoms. The third kappa shape index (κ3) is 6.77. The Balaban J connectivity index is 4.14. The minimum absolute atomic E-state index is 0.281. The van der Waals surface area contributed by atoms with E-state index >= 15 is 0 Å². The highest BCUT2D eigenvalue weighted by Crippen LogP contribution is 1.97. The minimum atomic E-state index is -3.38. The van der Waals surface area contributed by atoms with Crippen molar-refractivity contribution in [3.63, 3.8) is 0 Å². The maximum absolute atomic E-state index is 11.6. The van der Waals surface area contributed by atoms with E-state index in [0.717, 1.165) is 0 Å². The normalized spacial score (nSPS) is 12.3. The molecule has 0 radical (unpaired) electrons. The van der Waals surface area contributed by atoms with Crippen LogP contribution in [0.25, 0.3) is 0 Å². The SMILES string of the molecule is CC(C)CNS(=O)(=O)N(C)CCC(N)=S. The topological polar surface area (TPSA) is 75.4 Å². The summed E-state index contributed by atoms with van der Waals surface area (Å²) in [6.45, 7) is 4.62. The lowest BCUT2D eigenvalue weighted by Crippen LogP contribution is -2.40. The van der Waals surface area contributed by atoms with Gasteiger partial charge in [-0.1, -0.05) is 26.1 Å². The smallest absolute Gasteiger partial charge is 0.279 e. The van der Waals surface area contributed by atoms with Crippen LogP contribution < -0.4 is 10.5 Å². The van der Waals surface area contributed by atoms with Crippen molar-refractivity contribution in [2.24, 2.45) is 11.7 Å². The molecule has 5 nitrogen and oxygen atoms in total. The van der Waals surface area contributed by atoms with Gasteiger partial charge in [-0.05, 0) is 5.92 Å². The maximum atomic E-state index is 11.6. The van der Waals surface area contributed by atoms with Crippen LogP contribution in [-0.4, -0.2) is 37.8 Å². The van der Waals surface area contributed by atoms with Crippen LogP contribution in [0.3, 0.4) is 0 Å². The van der Waals surface area contributed by atoms with Gasteiger partial charge in [-0.2, -0.15) is 12.7 Å². The summed E-state index contributed by atoms with van der Waals surface area (Å²) in [5, 5.41) is 0. The fourth-order valence-corrected chi connectivity index (χ4v) is 1.96. The predicted molar refractivity (Wildman–Crippen MR) is 65.8 cm³/mol. The summed E-state index contributed by atoms with van der Waals surface area (Å²) in [6, 6.07) is 0. The van der Waals surface area contributed by atoms with Crippen LogP contribution in [0.4, 0.5) is 0 Å². The van der Waals surface area contributed by atoms with Crippen LogP contribution >= 0.6 is 12.2 Å². The van der Waals surface area contributed by atoms with E-state index in [-0.39, 0.29) is 5.92 Å². The van der Waals surface area contributed by atoms with Crippen LogP contribution in [0.5, 0.6) is 0 Å². The summed E-state index contributed by atoms with van der Waals surface area (Å²) in [5.74, 6) is 0.281. The summed E-state index contributed by atoms with van der Waals surface area (Å²) in [6.07, 6.45) is 0.397. The van der Waals surface area contributed by atoms with E-state index in [2.05, 4.69) is 16.9 Å². The molecule has 0 aliphatic rings. The number of hydrogen-bond acceptors (Lipinski definition) is 3. The Morgan fingerprint density at radius 3 is 2.47 bits per heavy atom. The monoisotopic (exact) mass is 253 g/mol. The first-order chi connectivity index (χ1) is 6.75. The molecule has 0 aliphatic carbocycles. The highest BCUT2D eigenvalue weighted by molar-refractivity contribution is 7.87. The van der Waals surface area contributed by atoms with E-state index in [4.69, 9.17) is 5.73 Å². The minimum Gasteiger partial charge on any atom is -0.393 e. The second-order valence-corrected chi connectivity index (χ2v) is 6.17. The van der Waals surface area contributed by atoms with Crippen LogP contribution in [0, 0.1) is 5.92 Å². The highest BCUT2D eigenvalue weighted by atomic mass is 32.2. The van der Waals surface area contributed by atoms with Gasteiger partial charge in [0.2, 0.25) is 0 Å². The van der Waals surface area contributed by atoms with E-state index in [1.54, 1.807) is 0 Å². The summed E-state index contributed by atoms with van der Waals surface area (Å²) in [4.78, 5) is 0.320. The van der Waals surface area contributed by atoms with Crippen molar-refractivity contribution >= 4 is 27.4 Å². The van der Waals surface area contributed by atoms with Gasteiger partial charge in [-0.15, -0.1) is 0 Å². The average molecular weight is 253 g/mol. The van der Waals surface area contributed by atoms with Gasteiger partial charge in [0.25, 0.3) is 10.2 Å². The van der Waals surface area contributed by atoms with Crippen molar-refractivity contribution in [3.05, 3.63) is 0 Å². The molecule has 0 saturated carbocycles. The van der Waals surface area contributed by atoms with Crippen molar-refractivity contribution in [2.45, 2.75) is 20.3 Å². The molecule has 3 N–H and O–H groups in total. The van der Waals surface area contributed by atoms with Gasteiger partial charge in [0.15, 0.2) is 0 Å². The third-order valence-corrected chi connectivity index (χ3v) is 3.50. The van der Waals surface area contributed by atoms with Crippen LogP contribution in [0.1, 0.15) is 20.3 Å². The van der Waals surface area contributed by atoms with Gasteiger partial charge in [0.1, 0.15) is 0 Å².